The van der Waals surface area contributed by atoms with Crippen LogP contribution in [0.25, 0.3) is 20.2 Å². The Kier molecular flexibility index (Phi) is 4.53. The van der Waals surface area contributed by atoms with Crippen LogP contribution in [0.15, 0.2) is 36.5 Å². The molecule has 0 N–H and O–H groups in total. The summed E-state index contributed by atoms with van der Waals surface area (Å²) in [5, 5.41) is 2.34. The molecule has 0 bridgehead atoms. The number of fused-ring (bicyclic) bond motifs is 3. The van der Waals surface area contributed by atoms with Gasteiger partial charge in [0.1, 0.15) is 5.69 Å². The molecule has 3 heterocycles. The highest BCUT2D eigenvalue weighted by atomic mass is 35.5. The van der Waals surface area contributed by atoms with E-state index in [1.807, 2.05) is 29.3 Å². The lowest BCUT2D eigenvalue weighted by Crippen LogP contribution is -2.47. The second-order valence-electron chi connectivity index (χ2n) is 5.76. The number of carbonyl (C=O) groups excluding carboxylic acids is 1. The van der Waals surface area contributed by atoms with Crippen LogP contribution in [0.2, 0.25) is 0 Å². The van der Waals surface area contributed by atoms with Gasteiger partial charge < -0.3 is 9.80 Å². The van der Waals surface area contributed by atoms with Crippen LogP contribution in [0.4, 0.5) is 0 Å². The summed E-state index contributed by atoms with van der Waals surface area (Å²) >= 11 is 1.72. The van der Waals surface area contributed by atoms with E-state index in [1.165, 1.54) is 10.1 Å². The molecule has 120 valence electrons. The number of hydrogen-bond acceptors (Lipinski definition) is 4. The van der Waals surface area contributed by atoms with E-state index in [-0.39, 0.29) is 18.3 Å². The second kappa shape index (κ2) is 6.43. The Labute approximate surface area is 145 Å². The smallest absolute Gasteiger partial charge is 0.272 e. The largest absolute Gasteiger partial charge is 0.335 e. The summed E-state index contributed by atoms with van der Waals surface area (Å²) in [7, 11) is 2.09. The molecular weight excluding hydrogens is 330 g/mol. The average Bonchev–Trinajstić information content (AvgIpc) is 2.92. The molecule has 1 aromatic carbocycles. The maximum atomic E-state index is 12.7. The number of halogens is 1. The van der Waals surface area contributed by atoms with Crippen molar-refractivity contribution in [2.75, 3.05) is 33.2 Å². The van der Waals surface area contributed by atoms with E-state index in [0.717, 1.165) is 36.3 Å². The van der Waals surface area contributed by atoms with E-state index in [9.17, 15) is 4.79 Å². The van der Waals surface area contributed by atoms with Gasteiger partial charge in [-0.3, -0.25) is 4.79 Å². The van der Waals surface area contributed by atoms with Crippen molar-refractivity contribution in [3.63, 3.8) is 0 Å². The van der Waals surface area contributed by atoms with Crippen molar-refractivity contribution in [2.45, 2.75) is 0 Å². The van der Waals surface area contributed by atoms with Crippen LogP contribution in [-0.2, 0) is 0 Å². The number of aromatic nitrogens is 1. The van der Waals surface area contributed by atoms with E-state index in [1.54, 1.807) is 11.3 Å². The molecule has 3 aromatic rings. The van der Waals surface area contributed by atoms with Gasteiger partial charge in [0, 0.05) is 47.8 Å². The van der Waals surface area contributed by atoms with Gasteiger partial charge in [0.15, 0.2) is 0 Å². The number of hydrogen-bond donors (Lipinski definition) is 0. The van der Waals surface area contributed by atoms with Crippen LogP contribution in [0.5, 0.6) is 0 Å². The average molecular weight is 348 g/mol. The number of amides is 1. The van der Waals surface area contributed by atoms with Gasteiger partial charge in [0.2, 0.25) is 0 Å². The van der Waals surface area contributed by atoms with Gasteiger partial charge in [0.05, 0.1) is 4.70 Å². The molecule has 6 heteroatoms. The van der Waals surface area contributed by atoms with Gasteiger partial charge in [-0.1, -0.05) is 18.2 Å². The van der Waals surface area contributed by atoms with Crippen molar-refractivity contribution in [1.82, 2.24) is 14.8 Å². The molecule has 0 spiro atoms. The molecule has 2 aromatic heterocycles. The third kappa shape index (κ3) is 2.92. The molecule has 1 aliphatic rings. The molecular formula is C17H18ClN3OS. The number of carbonyl (C=O) groups is 1. The summed E-state index contributed by atoms with van der Waals surface area (Å²) in [6.07, 6.45) is 1.84. The number of pyridine rings is 1. The van der Waals surface area contributed by atoms with Gasteiger partial charge in [-0.15, -0.1) is 23.7 Å². The maximum Gasteiger partial charge on any atom is 0.272 e. The number of benzene rings is 1. The van der Waals surface area contributed by atoms with E-state index >= 15 is 0 Å². The zero-order valence-corrected chi connectivity index (χ0v) is 14.5. The van der Waals surface area contributed by atoms with E-state index in [2.05, 4.69) is 29.1 Å². The van der Waals surface area contributed by atoms with Gasteiger partial charge >= 0.3 is 0 Å². The number of rotatable bonds is 1. The maximum absolute atomic E-state index is 12.7. The van der Waals surface area contributed by atoms with Crippen LogP contribution < -0.4 is 0 Å². The number of thiophene rings is 1. The zero-order valence-electron chi connectivity index (χ0n) is 12.9. The predicted molar refractivity (Wildman–Crippen MR) is 97.8 cm³/mol. The molecule has 1 amide bonds. The van der Waals surface area contributed by atoms with Crippen LogP contribution in [0.3, 0.4) is 0 Å². The van der Waals surface area contributed by atoms with Gasteiger partial charge in [-0.05, 0) is 19.2 Å². The molecule has 0 saturated carbocycles. The monoisotopic (exact) mass is 347 g/mol. The Balaban J connectivity index is 0.00000156. The summed E-state index contributed by atoms with van der Waals surface area (Å²) in [5.74, 6) is 0.0466. The number of likely N-dealkylation sites (N-methyl/N-ethyl adjacent to an activating group) is 1. The lowest BCUT2D eigenvalue weighted by atomic mass is 10.1. The van der Waals surface area contributed by atoms with Crippen molar-refractivity contribution in [1.29, 1.82) is 0 Å². The molecule has 4 nitrogen and oxygen atoms in total. The zero-order chi connectivity index (χ0) is 15.1. The number of piperazine rings is 1. The Bertz CT molecular complexity index is 855. The fourth-order valence-electron chi connectivity index (χ4n) is 2.92. The lowest BCUT2D eigenvalue weighted by molar-refractivity contribution is 0.0658. The molecule has 1 saturated heterocycles. The Hall–Kier alpha value is -1.69. The minimum atomic E-state index is 0. The molecule has 23 heavy (non-hydrogen) atoms. The Morgan fingerprint density at radius 1 is 1.09 bits per heavy atom. The first-order chi connectivity index (χ1) is 10.7. The molecule has 1 aliphatic heterocycles. The minimum Gasteiger partial charge on any atom is -0.335 e. The van der Waals surface area contributed by atoms with E-state index < -0.39 is 0 Å². The molecule has 0 atom stereocenters. The SMILES string of the molecule is CN1CCN(C(=O)c2cc3c(cn2)sc2ccccc23)CC1.Cl. The fraction of sp³-hybridized carbons (Fsp3) is 0.294. The first-order valence-electron chi connectivity index (χ1n) is 7.47. The van der Waals surface area contributed by atoms with Crippen LogP contribution in [0, 0.1) is 0 Å². The van der Waals surface area contributed by atoms with Crippen molar-refractivity contribution < 1.29 is 4.79 Å². The van der Waals surface area contributed by atoms with E-state index in [4.69, 9.17) is 0 Å². The molecule has 4 rings (SSSR count). The lowest BCUT2D eigenvalue weighted by Gasteiger charge is -2.32. The summed E-state index contributed by atoms with van der Waals surface area (Å²) in [5.41, 5.74) is 0.556. The van der Waals surface area contributed by atoms with Crippen molar-refractivity contribution in [2.24, 2.45) is 0 Å². The van der Waals surface area contributed by atoms with Crippen molar-refractivity contribution >= 4 is 49.8 Å². The van der Waals surface area contributed by atoms with Crippen LogP contribution in [0.1, 0.15) is 10.5 Å². The number of nitrogens with zero attached hydrogens (tertiary/aromatic N) is 3. The standard InChI is InChI=1S/C17H17N3OS.ClH/c1-19-6-8-20(9-7-19)17(21)14-10-13-12-4-2-3-5-15(12)22-16(13)11-18-14;/h2-5,10-11H,6-9H2,1H3;1H. The summed E-state index contributed by atoms with van der Waals surface area (Å²) < 4.78 is 2.37. The third-order valence-corrected chi connectivity index (χ3v) is 5.40. The Morgan fingerprint density at radius 3 is 2.61 bits per heavy atom. The minimum absolute atomic E-state index is 0. The first kappa shape index (κ1) is 16.2. The predicted octanol–water partition coefficient (Wildman–Crippen LogP) is 3.26. The van der Waals surface area contributed by atoms with Crippen molar-refractivity contribution in [3.8, 4) is 0 Å². The summed E-state index contributed by atoms with van der Waals surface area (Å²) in [6.45, 7) is 3.41. The second-order valence-corrected chi connectivity index (χ2v) is 6.84. The van der Waals surface area contributed by atoms with Crippen LogP contribution in [-0.4, -0.2) is 53.9 Å². The molecule has 1 fully saturated rings. The van der Waals surface area contributed by atoms with Gasteiger partial charge in [-0.2, -0.15) is 0 Å². The quantitative estimate of drug-likeness (QED) is 0.678. The molecule has 0 aliphatic carbocycles. The molecule has 0 unspecified atom stereocenters. The highest BCUT2D eigenvalue weighted by molar-refractivity contribution is 7.25. The van der Waals surface area contributed by atoms with Crippen LogP contribution >= 0.6 is 23.7 Å². The van der Waals surface area contributed by atoms with Crippen molar-refractivity contribution in [3.05, 3.63) is 42.2 Å². The molecule has 0 radical (unpaired) electrons. The van der Waals surface area contributed by atoms with Gasteiger partial charge in [0.25, 0.3) is 5.91 Å². The highest BCUT2D eigenvalue weighted by Gasteiger charge is 2.21. The van der Waals surface area contributed by atoms with Gasteiger partial charge in [-0.25, -0.2) is 4.98 Å². The topological polar surface area (TPSA) is 36.4 Å². The highest BCUT2D eigenvalue weighted by Crippen LogP contribution is 2.33. The summed E-state index contributed by atoms with van der Waals surface area (Å²) in [6, 6.07) is 10.3. The third-order valence-electron chi connectivity index (χ3n) is 4.27. The summed E-state index contributed by atoms with van der Waals surface area (Å²) in [4.78, 5) is 21.2. The Morgan fingerprint density at radius 2 is 1.83 bits per heavy atom. The van der Waals surface area contributed by atoms with E-state index in [0.29, 0.717) is 5.69 Å². The normalized spacial score (nSPS) is 15.8. The first-order valence-corrected chi connectivity index (χ1v) is 8.29. The fourth-order valence-corrected chi connectivity index (χ4v) is 3.98.